The molecule has 10 heteroatoms. The number of rotatable bonds is 6. The molecular weight excluding hydrogens is 422 g/mol. The monoisotopic (exact) mass is 434 g/mol. The minimum atomic E-state index is -0.788. The average Bonchev–Trinajstić information content (AvgIpc) is 2.71. The highest BCUT2D eigenvalue weighted by atomic mass is 35.5. The highest BCUT2D eigenvalue weighted by Crippen LogP contribution is 2.32. The molecule has 0 saturated carbocycles. The van der Waals surface area contributed by atoms with Gasteiger partial charge >= 0.3 is 0 Å². The topological polar surface area (TPSA) is 85.7 Å². The van der Waals surface area contributed by atoms with Crippen LogP contribution in [0.4, 0.5) is 4.39 Å². The fraction of sp³-hybridized carbons (Fsp3) is 0.0526. The minimum Gasteiger partial charge on any atom is -0.493 e. The van der Waals surface area contributed by atoms with Crippen LogP contribution in [0, 0.1) is 5.82 Å². The maximum atomic E-state index is 13.8. The normalized spacial score (nSPS) is 10.8. The van der Waals surface area contributed by atoms with Gasteiger partial charge in [-0.1, -0.05) is 17.7 Å². The first kappa shape index (κ1) is 20.5. The molecule has 0 fully saturated rings. The van der Waals surface area contributed by atoms with Gasteiger partial charge in [-0.05, 0) is 53.6 Å². The summed E-state index contributed by atoms with van der Waals surface area (Å²) in [6, 6.07) is 11.2. The molecular formula is C19H13Cl2FN4O3. The standard InChI is InChI=1S/C19H13Cl2FN4O3/c1-28-15-6-5-11(7-16(15)29-18-14(22)10-23-19(21)25-18)9-24-26-17(27)12-3-2-4-13(20)8-12/h2-10H,1H3,(H,26,27)/b24-9-. The van der Waals surface area contributed by atoms with E-state index in [2.05, 4.69) is 20.5 Å². The second-order valence-electron chi connectivity index (χ2n) is 5.51. The van der Waals surface area contributed by atoms with Crippen molar-refractivity contribution < 1.29 is 18.7 Å². The molecule has 1 aromatic heterocycles. The van der Waals surface area contributed by atoms with Gasteiger partial charge in [0.05, 0.1) is 19.5 Å². The summed E-state index contributed by atoms with van der Waals surface area (Å²) in [5, 5.41) is 4.17. The second-order valence-corrected chi connectivity index (χ2v) is 6.29. The lowest BCUT2D eigenvalue weighted by Gasteiger charge is -2.10. The summed E-state index contributed by atoms with van der Waals surface area (Å²) in [6.07, 6.45) is 2.28. The number of halogens is 3. The Hall–Kier alpha value is -3.23. The van der Waals surface area contributed by atoms with Crippen molar-refractivity contribution in [3.05, 3.63) is 75.9 Å². The first-order chi connectivity index (χ1) is 14.0. The summed E-state index contributed by atoms with van der Waals surface area (Å²) in [5.41, 5.74) is 3.30. The van der Waals surface area contributed by atoms with E-state index in [4.69, 9.17) is 32.7 Å². The van der Waals surface area contributed by atoms with Gasteiger partial charge in [-0.25, -0.2) is 10.4 Å². The highest BCUT2D eigenvalue weighted by molar-refractivity contribution is 6.31. The number of carbonyl (C=O) groups excluding carboxylic acids is 1. The molecule has 1 amide bonds. The third-order valence-corrected chi connectivity index (χ3v) is 3.96. The maximum Gasteiger partial charge on any atom is 0.271 e. The quantitative estimate of drug-likeness (QED) is 0.351. The van der Waals surface area contributed by atoms with E-state index >= 15 is 0 Å². The lowest BCUT2D eigenvalue weighted by Crippen LogP contribution is -2.17. The molecule has 1 N–H and O–H groups in total. The van der Waals surface area contributed by atoms with Crippen molar-refractivity contribution in [3.63, 3.8) is 0 Å². The van der Waals surface area contributed by atoms with Gasteiger partial charge in [0, 0.05) is 10.6 Å². The summed E-state index contributed by atoms with van der Waals surface area (Å²) < 4.78 is 24.5. The van der Waals surface area contributed by atoms with E-state index in [1.807, 2.05) is 0 Å². The molecule has 0 aliphatic rings. The van der Waals surface area contributed by atoms with Crippen molar-refractivity contribution in [2.75, 3.05) is 7.11 Å². The van der Waals surface area contributed by atoms with Crippen LogP contribution in [0.15, 0.2) is 53.8 Å². The van der Waals surface area contributed by atoms with Gasteiger partial charge in [0.1, 0.15) is 0 Å². The number of hydrogen-bond donors (Lipinski definition) is 1. The van der Waals surface area contributed by atoms with E-state index in [0.29, 0.717) is 21.9 Å². The Bertz CT molecular complexity index is 1080. The Morgan fingerprint density at radius 2 is 2.03 bits per heavy atom. The molecule has 0 saturated heterocycles. The van der Waals surface area contributed by atoms with Crippen LogP contribution in [0.3, 0.4) is 0 Å². The van der Waals surface area contributed by atoms with E-state index < -0.39 is 11.7 Å². The molecule has 0 aliphatic heterocycles. The Balaban J connectivity index is 1.76. The van der Waals surface area contributed by atoms with Gasteiger partial charge in [0.25, 0.3) is 11.8 Å². The van der Waals surface area contributed by atoms with Crippen molar-refractivity contribution in [3.8, 4) is 17.4 Å². The number of ether oxygens (including phenoxy) is 2. The number of hydrogen-bond acceptors (Lipinski definition) is 6. The van der Waals surface area contributed by atoms with Crippen molar-refractivity contribution in [1.29, 1.82) is 0 Å². The summed E-state index contributed by atoms with van der Waals surface area (Å²) in [7, 11) is 1.44. The van der Waals surface area contributed by atoms with E-state index in [9.17, 15) is 9.18 Å². The van der Waals surface area contributed by atoms with E-state index in [0.717, 1.165) is 6.20 Å². The number of carbonyl (C=O) groups is 1. The zero-order valence-corrected chi connectivity index (χ0v) is 16.4. The molecule has 3 aromatic rings. The molecule has 0 unspecified atom stereocenters. The molecule has 0 atom stereocenters. The molecule has 0 radical (unpaired) electrons. The minimum absolute atomic E-state index is 0.165. The fourth-order valence-corrected chi connectivity index (χ4v) is 2.54. The Morgan fingerprint density at radius 1 is 1.21 bits per heavy atom. The van der Waals surface area contributed by atoms with E-state index in [1.54, 1.807) is 30.3 Å². The largest absolute Gasteiger partial charge is 0.493 e. The van der Waals surface area contributed by atoms with E-state index in [1.165, 1.54) is 25.5 Å². The Morgan fingerprint density at radius 3 is 2.79 bits per heavy atom. The zero-order valence-electron chi connectivity index (χ0n) is 14.9. The molecule has 29 heavy (non-hydrogen) atoms. The number of nitrogens with zero attached hydrogens (tertiary/aromatic N) is 3. The molecule has 3 rings (SSSR count). The van der Waals surface area contributed by atoms with Crippen LogP contribution in [0.25, 0.3) is 0 Å². The summed E-state index contributed by atoms with van der Waals surface area (Å²) in [4.78, 5) is 19.3. The van der Waals surface area contributed by atoms with Crippen LogP contribution in [0.5, 0.6) is 17.4 Å². The SMILES string of the molecule is COc1ccc(/C=N\NC(=O)c2cccc(Cl)c2)cc1Oc1nc(Cl)ncc1F. The molecule has 148 valence electrons. The number of benzene rings is 2. The number of aromatic nitrogens is 2. The summed E-state index contributed by atoms with van der Waals surface area (Å²) in [6.45, 7) is 0. The highest BCUT2D eigenvalue weighted by Gasteiger charge is 2.13. The van der Waals surface area contributed by atoms with Crippen molar-refractivity contribution in [2.45, 2.75) is 0 Å². The van der Waals surface area contributed by atoms with Gasteiger partial charge in [-0.2, -0.15) is 14.5 Å². The third-order valence-electron chi connectivity index (χ3n) is 3.54. The van der Waals surface area contributed by atoms with Gasteiger partial charge in [0.15, 0.2) is 11.5 Å². The first-order valence-electron chi connectivity index (χ1n) is 8.09. The van der Waals surface area contributed by atoms with Gasteiger partial charge < -0.3 is 9.47 Å². The molecule has 1 heterocycles. The smallest absolute Gasteiger partial charge is 0.271 e. The number of methoxy groups -OCH3 is 1. The third kappa shape index (κ3) is 5.40. The zero-order chi connectivity index (χ0) is 20.8. The molecule has 0 aliphatic carbocycles. The van der Waals surface area contributed by atoms with Crippen LogP contribution >= 0.6 is 23.2 Å². The van der Waals surface area contributed by atoms with Crippen LogP contribution in [-0.4, -0.2) is 29.2 Å². The Kier molecular flexibility index (Phi) is 6.58. The van der Waals surface area contributed by atoms with Crippen LogP contribution in [-0.2, 0) is 0 Å². The lowest BCUT2D eigenvalue weighted by molar-refractivity contribution is 0.0955. The van der Waals surface area contributed by atoms with Crippen molar-refractivity contribution in [1.82, 2.24) is 15.4 Å². The Labute approximate surface area is 175 Å². The van der Waals surface area contributed by atoms with Crippen molar-refractivity contribution in [2.24, 2.45) is 5.10 Å². The second kappa shape index (κ2) is 9.31. The molecule has 0 bridgehead atoms. The number of nitrogens with one attached hydrogen (secondary N) is 1. The number of hydrazone groups is 1. The average molecular weight is 435 g/mol. The van der Waals surface area contributed by atoms with Crippen LogP contribution in [0.1, 0.15) is 15.9 Å². The fourth-order valence-electron chi connectivity index (χ4n) is 2.22. The predicted octanol–water partition coefficient (Wildman–Crippen LogP) is 4.49. The van der Waals surface area contributed by atoms with Gasteiger partial charge in [-0.15, -0.1) is 0 Å². The van der Waals surface area contributed by atoms with Gasteiger partial charge in [0.2, 0.25) is 11.1 Å². The number of amides is 1. The predicted molar refractivity (Wildman–Crippen MR) is 107 cm³/mol. The summed E-state index contributed by atoms with van der Waals surface area (Å²) >= 11 is 11.5. The maximum absolute atomic E-state index is 13.8. The van der Waals surface area contributed by atoms with Crippen LogP contribution < -0.4 is 14.9 Å². The molecule has 2 aromatic carbocycles. The van der Waals surface area contributed by atoms with Gasteiger partial charge in [-0.3, -0.25) is 4.79 Å². The lowest BCUT2D eigenvalue weighted by atomic mass is 10.2. The molecule has 7 nitrogen and oxygen atoms in total. The summed E-state index contributed by atoms with van der Waals surface area (Å²) in [5.74, 6) is -1.06. The van der Waals surface area contributed by atoms with Crippen LogP contribution in [0.2, 0.25) is 10.3 Å². The van der Waals surface area contributed by atoms with Crippen molar-refractivity contribution >= 4 is 35.3 Å². The first-order valence-corrected chi connectivity index (χ1v) is 8.85. The molecule has 0 spiro atoms. The van der Waals surface area contributed by atoms with E-state index in [-0.39, 0.29) is 16.9 Å².